The molecule has 1 fully saturated rings. The summed E-state index contributed by atoms with van der Waals surface area (Å²) in [6.07, 6.45) is 0.866. The maximum atomic E-state index is 10.5. The Morgan fingerprint density at radius 2 is 2.60 bits per heavy atom. The molecule has 0 N–H and O–H groups in total. The van der Waals surface area contributed by atoms with Gasteiger partial charge in [0.25, 0.3) is 5.97 Å². The van der Waals surface area contributed by atoms with Crippen molar-refractivity contribution in [1.82, 2.24) is 0 Å². The van der Waals surface area contributed by atoms with Crippen molar-refractivity contribution in [2.75, 3.05) is 6.23 Å². The Bertz CT molecular complexity index is 123. The van der Waals surface area contributed by atoms with Crippen molar-refractivity contribution in [3.05, 3.63) is 0 Å². The SMILES string of the molecule is CC(=O)O[SiH]1CO[SiH2][SiH2][SiH2]1. The lowest BCUT2D eigenvalue weighted by molar-refractivity contribution is -0.132. The van der Waals surface area contributed by atoms with E-state index < -0.39 is 8.56 Å². The highest BCUT2D eigenvalue weighted by molar-refractivity contribution is 7.47. The van der Waals surface area contributed by atoms with Crippen LogP contribution in [0.15, 0.2) is 0 Å². The largest absolute Gasteiger partial charge is 0.524 e. The number of hydrogen-bond donors (Lipinski definition) is 0. The first-order valence-corrected chi connectivity index (χ1v) is 16.7. The van der Waals surface area contributed by atoms with E-state index in [0.717, 1.165) is 6.23 Å². The summed E-state index contributed by atoms with van der Waals surface area (Å²) < 4.78 is 10.6. The van der Waals surface area contributed by atoms with Crippen molar-refractivity contribution in [2.24, 2.45) is 0 Å². The number of carbonyl (C=O) groups excluding carboxylic acids is 1. The lowest BCUT2D eigenvalue weighted by Crippen LogP contribution is -2.45. The highest BCUT2D eigenvalue weighted by Gasteiger charge is 2.19. The molecule has 1 aliphatic heterocycles. The van der Waals surface area contributed by atoms with E-state index in [9.17, 15) is 4.79 Å². The van der Waals surface area contributed by atoms with Gasteiger partial charge in [-0.25, -0.2) is 0 Å². The van der Waals surface area contributed by atoms with Crippen LogP contribution < -0.4 is 0 Å². The van der Waals surface area contributed by atoms with E-state index in [-0.39, 0.29) is 32.4 Å². The number of rotatable bonds is 1. The Morgan fingerprint density at radius 1 is 1.80 bits per heavy atom. The predicted molar refractivity (Wildman–Crippen MR) is 50.5 cm³/mol. The van der Waals surface area contributed by atoms with Crippen molar-refractivity contribution in [2.45, 2.75) is 6.92 Å². The second-order valence-corrected chi connectivity index (χ2v) is 25.7. The molecule has 0 radical (unpaired) electrons. The first-order chi connectivity index (χ1) is 4.79. The molecular weight excluding hydrogens is 196 g/mol. The van der Waals surface area contributed by atoms with Crippen LogP contribution in [0.2, 0.25) is 0 Å². The lowest BCUT2D eigenvalue weighted by Gasteiger charge is -2.18. The maximum absolute atomic E-state index is 10.5. The highest BCUT2D eigenvalue weighted by atomic mass is 29.7. The normalized spacial score (nSPS) is 33.1. The summed E-state index contributed by atoms with van der Waals surface area (Å²) in [6, 6.07) is 0. The predicted octanol–water partition coefficient (Wildman–Crippen LogP) is -3.41. The zero-order valence-corrected chi connectivity index (χ0v) is 11.5. The van der Waals surface area contributed by atoms with Crippen LogP contribution in [0, 0.1) is 0 Å². The Balaban J connectivity index is 2.19. The Morgan fingerprint density at radius 3 is 3.10 bits per heavy atom. The molecule has 0 aliphatic carbocycles. The summed E-state index contributed by atoms with van der Waals surface area (Å²) >= 11 is 0. The van der Waals surface area contributed by atoms with Gasteiger partial charge in [-0.2, -0.15) is 0 Å². The van der Waals surface area contributed by atoms with Crippen molar-refractivity contribution in [3.63, 3.8) is 0 Å². The van der Waals surface area contributed by atoms with Gasteiger partial charge in [-0.3, -0.25) is 4.79 Å². The number of hydrogen-bond acceptors (Lipinski definition) is 3. The highest BCUT2D eigenvalue weighted by Crippen LogP contribution is 1.90. The summed E-state index contributed by atoms with van der Waals surface area (Å²) in [7, 11) is -0.624. The smallest absolute Gasteiger partial charge is 0.288 e. The van der Waals surface area contributed by atoms with Gasteiger partial charge in [-0.1, -0.05) is 0 Å². The van der Waals surface area contributed by atoms with Gasteiger partial charge in [0.1, 0.15) is 9.28 Å². The minimum absolute atomic E-state index is 0.0132. The second-order valence-electron chi connectivity index (χ2n) is 2.45. The first-order valence-electron chi connectivity index (χ1n) is 3.54. The monoisotopic (exact) mass is 208 g/mol. The van der Waals surface area contributed by atoms with Gasteiger partial charge >= 0.3 is 0 Å². The summed E-state index contributed by atoms with van der Waals surface area (Å²) in [4.78, 5) is 10.5. The van der Waals surface area contributed by atoms with E-state index in [4.69, 9.17) is 8.85 Å². The molecule has 1 saturated heterocycles. The molecule has 1 unspecified atom stereocenters. The molecule has 0 amide bonds. The third kappa shape index (κ3) is 2.92. The molecule has 1 atom stereocenters. The molecule has 0 aromatic rings. The molecule has 1 rings (SSSR count). The summed E-state index contributed by atoms with van der Waals surface area (Å²) in [5.41, 5.74) is 0. The van der Waals surface area contributed by atoms with Crippen LogP contribution in [0.25, 0.3) is 0 Å². The topological polar surface area (TPSA) is 35.5 Å². The second kappa shape index (κ2) is 4.23. The van der Waals surface area contributed by atoms with Crippen molar-refractivity contribution >= 4 is 40.9 Å². The molecule has 1 heterocycles. The van der Waals surface area contributed by atoms with Crippen molar-refractivity contribution < 1.29 is 13.6 Å². The molecule has 7 heteroatoms. The average Bonchev–Trinajstić information content (AvgIpc) is 1.88. The minimum atomic E-state index is -1.02. The van der Waals surface area contributed by atoms with Gasteiger partial charge in [0.05, 0.1) is 6.23 Å². The molecule has 0 spiro atoms. The fourth-order valence-corrected chi connectivity index (χ4v) is 38.2. The Hall–Kier alpha value is 0.298. The minimum Gasteiger partial charge on any atom is -0.524 e. The van der Waals surface area contributed by atoms with Gasteiger partial charge in [-0.15, -0.1) is 0 Å². The summed E-state index contributed by atoms with van der Waals surface area (Å²) in [5, 5.41) is 0. The van der Waals surface area contributed by atoms with Gasteiger partial charge in [0, 0.05) is 24.0 Å². The molecule has 0 bridgehead atoms. The molecule has 0 aromatic carbocycles. The maximum Gasteiger partial charge on any atom is 0.288 e. The van der Waals surface area contributed by atoms with Gasteiger partial charge in [0.2, 0.25) is 8.56 Å². The fourth-order valence-electron chi connectivity index (χ4n) is 1.04. The first kappa shape index (κ1) is 8.39. The van der Waals surface area contributed by atoms with Crippen LogP contribution in [0.3, 0.4) is 0 Å². The standard InChI is InChI=1S/C3H12O3Si4/c1-3(4)6-10-2-5-7-8-9-10/h10H,2,7-9H2,1H3. The molecule has 58 valence electrons. The van der Waals surface area contributed by atoms with Crippen molar-refractivity contribution in [1.29, 1.82) is 0 Å². The van der Waals surface area contributed by atoms with Crippen LogP contribution >= 0.6 is 0 Å². The van der Waals surface area contributed by atoms with Crippen LogP contribution in [0.1, 0.15) is 6.92 Å². The van der Waals surface area contributed by atoms with E-state index in [0.29, 0.717) is 0 Å². The van der Waals surface area contributed by atoms with E-state index in [1.807, 2.05) is 0 Å². The molecule has 0 saturated carbocycles. The zero-order valence-electron chi connectivity index (χ0n) is 6.13. The molecule has 3 nitrogen and oxygen atoms in total. The molecular formula is C3H12O3Si4. The van der Waals surface area contributed by atoms with Crippen LogP contribution in [0.4, 0.5) is 0 Å². The average molecular weight is 208 g/mol. The Labute approximate surface area is 68.2 Å². The summed E-state index contributed by atoms with van der Waals surface area (Å²) in [5.74, 6) is -0.0784. The third-order valence-corrected chi connectivity index (χ3v) is 34.2. The van der Waals surface area contributed by atoms with Gasteiger partial charge in [0.15, 0.2) is 0 Å². The number of carbonyl (C=O) groups is 1. The molecule has 1 aliphatic rings. The Kier molecular flexibility index (Phi) is 3.55. The third-order valence-electron chi connectivity index (χ3n) is 1.45. The van der Waals surface area contributed by atoms with E-state index in [1.54, 1.807) is 0 Å². The van der Waals surface area contributed by atoms with E-state index in [2.05, 4.69) is 0 Å². The van der Waals surface area contributed by atoms with E-state index >= 15 is 0 Å². The van der Waals surface area contributed by atoms with Crippen molar-refractivity contribution in [3.8, 4) is 0 Å². The quantitative estimate of drug-likeness (QED) is 0.421. The van der Waals surface area contributed by atoms with Gasteiger partial charge in [-0.05, 0) is 0 Å². The fraction of sp³-hybridized carbons (Fsp3) is 0.667. The van der Waals surface area contributed by atoms with Crippen LogP contribution in [-0.2, 0) is 13.6 Å². The van der Waals surface area contributed by atoms with Crippen LogP contribution in [-0.4, -0.2) is 47.1 Å². The lowest BCUT2D eigenvalue weighted by atomic mass is 10.9. The van der Waals surface area contributed by atoms with Crippen LogP contribution in [0.5, 0.6) is 0 Å². The summed E-state index contributed by atoms with van der Waals surface area (Å²) in [6.45, 7) is 1.51. The van der Waals surface area contributed by atoms with E-state index in [1.165, 1.54) is 6.92 Å². The molecule has 0 aromatic heterocycles. The molecule has 10 heavy (non-hydrogen) atoms. The zero-order chi connectivity index (χ0) is 7.40. The van der Waals surface area contributed by atoms with Gasteiger partial charge < -0.3 is 8.85 Å².